The van der Waals surface area contributed by atoms with Crippen LogP contribution in [0.4, 0.5) is 5.13 Å². The molecule has 2 heterocycles. The summed E-state index contributed by atoms with van der Waals surface area (Å²) in [5.74, 6) is 0.872. The van der Waals surface area contributed by atoms with E-state index in [2.05, 4.69) is 15.6 Å². The van der Waals surface area contributed by atoms with E-state index in [1.807, 2.05) is 30.5 Å². The number of methoxy groups -OCH3 is 1. The second-order valence-electron chi connectivity index (χ2n) is 5.42. The fourth-order valence-electron chi connectivity index (χ4n) is 2.56. The molecule has 1 aromatic carbocycles. The van der Waals surface area contributed by atoms with Crippen molar-refractivity contribution in [2.45, 2.75) is 13.3 Å². The standard InChI is InChI=1S/C16H19N3O2S.ClH/c1-10-3-4-14(21-2)12(7-10)13-9-22-16(18-13)19-15(20)11-5-6-17-8-11;/h3-4,7,9,11,17H,5-6,8H2,1-2H3,(H,18,19,20);1H. The normalized spacial score (nSPS) is 16.7. The van der Waals surface area contributed by atoms with Crippen LogP contribution in [0, 0.1) is 12.8 Å². The molecule has 2 N–H and O–H groups in total. The first-order valence-corrected chi connectivity index (χ1v) is 8.17. The van der Waals surface area contributed by atoms with Gasteiger partial charge in [0.1, 0.15) is 5.75 Å². The second kappa shape index (κ2) is 7.77. The van der Waals surface area contributed by atoms with Gasteiger partial charge in [-0.3, -0.25) is 4.79 Å². The quantitative estimate of drug-likeness (QED) is 0.886. The molecule has 5 nitrogen and oxygen atoms in total. The van der Waals surface area contributed by atoms with Gasteiger partial charge in [-0.2, -0.15) is 0 Å². The van der Waals surface area contributed by atoms with Crippen LogP contribution in [0.2, 0.25) is 0 Å². The molecule has 0 bridgehead atoms. The number of carbonyl (C=O) groups is 1. The smallest absolute Gasteiger partial charge is 0.230 e. The van der Waals surface area contributed by atoms with E-state index in [4.69, 9.17) is 4.74 Å². The Hall–Kier alpha value is -1.63. The lowest BCUT2D eigenvalue weighted by Gasteiger charge is -2.08. The number of ether oxygens (including phenoxy) is 1. The zero-order chi connectivity index (χ0) is 15.5. The van der Waals surface area contributed by atoms with Gasteiger partial charge < -0.3 is 15.4 Å². The first-order valence-electron chi connectivity index (χ1n) is 7.29. The van der Waals surface area contributed by atoms with Gasteiger partial charge in [-0.15, -0.1) is 23.7 Å². The van der Waals surface area contributed by atoms with Crippen molar-refractivity contribution in [2.24, 2.45) is 5.92 Å². The number of rotatable bonds is 4. The third-order valence-corrected chi connectivity index (χ3v) is 4.55. The summed E-state index contributed by atoms with van der Waals surface area (Å²) in [5.41, 5.74) is 2.92. The van der Waals surface area contributed by atoms with E-state index >= 15 is 0 Å². The van der Waals surface area contributed by atoms with Crippen molar-refractivity contribution in [3.05, 3.63) is 29.1 Å². The number of carbonyl (C=O) groups excluding carboxylic acids is 1. The summed E-state index contributed by atoms with van der Waals surface area (Å²) in [6.45, 7) is 3.68. The highest BCUT2D eigenvalue weighted by molar-refractivity contribution is 7.14. The number of aromatic nitrogens is 1. The zero-order valence-electron chi connectivity index (χ0n) is 13.1. The summed E-state index contributed by atoms with van der Waals surface area (Å²) >= 11 is 1.44. The number of nitrogens with one attached hydrogen (secondary N) is 2. The molecule has 1 unspecified atom stereocenters. The second-order valence-corrected chi connectivity index (χ2v) is 6.28. The molecule has 1 aliphatic heterocycles. The highest BCUT2D eigenvalue weighted by atomic mass is 35.5. The summed E-state index contributed by atoms with van der Waals surface area (Å²) < 4.78 is 5.40. The number of benzene rings is 1. The van der Waals surface area contributed by atoms with Crippen molar-refractivity contribution < 1.29 is 9.53 Å². The number of halogens is 1. The minimum atomic E-state index is 0. The number of amides is 1. The Morgan fingerprint density at radius 2 is 2.30 bits per heavy atom. The molecule has 23 heavy (non-hydrogen) atoms. The molecule has 3 rings (SSSR count). The van der Waals surface area contributed by atoms with Gasteiger partial charge in [-0.25, -0.2) is 4.98 Å². The summed E-state index contributed by atoms with van der Waals surface area (Å²) in [6.07, 6.45) is 0.885. The molecule has 0 aliphatic carbocycles. The Bertz CT molecular complexity index is 684. The fraction of sp³-hybridized carbons (Fsp3) is 0.375. The Labute approximate surface area is 145 Å². The van der Waals surface area contributed by atoms with Crippen molar-refractivity contribution >= 4 is 34.8 Å². The van der Waals surface area contributed by atoms with E-state index in [1.54, 1.807) is 7.11 Å². The Morgan fingerprint density at radius 3 is 3.00 bits per heavy atom. The van der Waals surface area contributed by atoms with E-state index in [1.165, 1.54) is 11.3 Å². The first kappa shape index (κ1) is 17.7. The largest absolute Gasteiger partial charge is 0.496 e. The van der Waals surface area contributed by atoms with E-state index in [9.17, 15) is 4.79 Å². The summed E-state index contributed by atoms with van der Waals surface area (Å²) in [6, 6.07) is 5.98. The van der Waals surface area contributed by atoms with E-state index in [-0.39, 0.29) is 24.2 Å². The van der Waals surface area contributed by atoms with Crippen LogP contribution in [0.5, 0.6) is 5.75 Å². The predicted octanol–water partition coefficient (Wildman–Crippen LogP) is 3.10. The van der Waals surface area contributed by atoms with Gasteiger partial charge in [0.2, 0.25) is 5.91 Å². The number of hydrogen-bond donors (Lipinski definition) is 2. The van der Waals surface area contributed by atoms with Crippen LogP contribution in [-0.4, -0.2) is 31.1 Å². The van der Waals surface area contributed by atoms with Crippen molar-refractivity contribution in [3.8, 4) is 17.0 Å². The van der Waals surface area contributed by atoms with Crippen LogP contribution in [-0.2, 0) is 4.79 Å². The molecule has 1 saturated heterocycles. The van der Waals surface area contributed by atoms with Crippen LogP contribution in [0.1, 0.15) is 12.0 Å². The lowest BCUT2D eigenvalue weighted by Crippen LogP contribution is -2.24. The van der Waals surface area contributed by atoms with Crippen molar-refractivity contribution in [1.82, 2.24) is 10.3 Å². The molecule has 1 atom stereocenters. The maximum atomic E-state index is 12.1. The Kier molecular flexibility index (Phi) is 5.98. The Morgan fingerprint density at radius 1 is 1.48 bits per heavy atom. The highest BCUT2D eigenvalue weighted by Crippen LogP contribution is 2.33. The predicted molar refractivity (Wildman–Crippen MR) is 95.7 cm³/mol. The van der Waals surface area contributed by atoms with Crippen LogP contribution in [0.15, 0.2) is 23.6 Å². The van der Waals surface area contributed by atoms with Crippen LogP contribution in [0.25, 0.3) is 11.3 Å². The number of anilines is 1. The van der Waals surface area contributed by atoms with Crippen molar-refractivity contribution in [1.29, 1.82) is 0 Å². The molecule has 2 aromatic rings. The molecule has 1 fully saturated rings. The summed E-state index contributed by atoms with van der Waals surface area (Å²) in [5, 5.41) is 8.69. The Balaban J connectivity index is 0.00000192. The summed E-state index contributed by atoms with van der Waals surface area (Å²) in [4.78, 5) is 16.7. The van der Waals surface area contributed by atoms with E-state index in [0.29, 0.717) is 5.13 Å². The van der Waals surface area contributed by atoms with Gasteiger partial charge in [0.15, 0.2) is 5.13 Å². The van der Waals surface area contributed by atoms with Gasteiger partial charge in [0.25, 0.3) is 0 Å². The van der Waals surface area contributed by atoms with Gasteiger partial charge in [0.05, 0.1) is 18.7 Å². The van der Waals surface area contributed by atoms with Crippen LogP contribution < -0.4 is 15.4 Å². The van der Waals surface area contributed by atoms with E-state index in [0.717, 1.165) is 42.1 Å². The van der Waals surface area contributed by atoms with Gasteiger partial charge in [-0.1, -0.05) is 11.6 Å². The number of thiazole rings is 1. The molecule has 0 radical (unpaired) electrons. The topological polar surface area (TPSA) is 63.2 Å². The monoisotopic (exact) mass is 353 g/mol. The van der Waals surface area contributed by atoms with Gasteiger partial charge in [-0.05, 0) is 32.0 Å². The molecule has 0 saturated carbocycles. The van der Waals surface area contributed by atoms with Crippen molar-refractivity contribution in [2.75, 3.05) is 25.5 Å². The lowest BCUT2D eigenvalue weighted by molar-refractivity contribution is -0.119. The zero-order valence-corrected chi connectivity index (χ0v) is 14.7. The van der Waals surface area contributed by atoms with E-state index < -0.39 is 0 Å². The molecular formula is C16H20ClN3O2S. The van der Waals surface area contributed by atoms with Crippen molar-refractivity contribution in [3.63, 3.8) is 0 Å². The first-order chi connectivity index (χ1) is 10.7. The summed E-state index contributed by atoms with van der Waals surface area (Å²) in [7, 11) is 1.65. The SMILES string of the molecule is COc1ccc(C)cc1-c1csc(NC(=O)C2CCNC2)n1.Cl. The fourth-order valence-corrected chi connectivity index (χ4v) is 3.28. The maximum absolute atomic E-state index is 12.1. The molecule has 1 aliphatic rings. The minimum absolute atomic E-state index is 0. The third-order valence-electron chi connectivity index (χ3n) is 3.80. The lowest BCUT2D eigenvalue weighted by atomic mass is 10.1. The molecule has 1 aromatic heterocycles. The molecule has 124 valence electrons. The number of aryl methyl sites for hydroxylation is 1. The number of hydrogen-bond acceptors (Lipinski definition) is 5. The van der Waals surface area contributed by atoms with Gasteiger partial charge in [0, 0.05) is 17.5 Å². The minimum Gasteiger partial charge on any atom is -0.496 e. The van der Waals surface area contributed by atoms with Crippen LogP contribution >= 0.6 is 23.7 Å². The maximum Gasteiger partial charge on any atom is 0.230 e. The number of nitrogens with zero attached hydrogens (tertiary/aromatic N) is 1. The highest BCUT2D eigenvalue weighted by Gasteiger charge is 2.23. The van der Waals surface area contributed by atoms with Gasteiger partial charge >= 0.3 is 0 Å². The average Bonchev–Trinajstić information content (AvgIpc) is 3.18. The third kappa shape index (κ3) is 4.02. The molecule has 0 spiro atoms. The molecule has 1 amide bonds. The molecular weight excluding hydrogens is 334 g/mol. The molecule has 7 heteroatoms. The van der Waals surface area contributed by atoms with Crippen LogP contribution in [0.3, 0.4) is 0 Å². The average molecular weight is 354 g/mol.